The topological polar surface area (TPSA) is 29.5 Å². The van der Waals surface area contributed by atoms with Crippen molar-refractivity contribution in [3.8, 4) is 16.9 Å². The van der Waals surface area contributed by atoms with Gasteiger partial charge in [-0.05, 0) is 64.4 Å². The van der Waals surface area contributed by atoms with E-state index >= 15 is 0 Å². The van der Waals surface area contributed by atoms with Gasteiger partial charge in [-0.1, -0.05) is 85.5 Å². The lowest BCUT2D eigenvalue weighted by Crippen LogP contribution is -2.37. The van der Waals surface area contributed by atoms with E-state index in [-0.39, 0.29) is 6.04 Å². The Balaban J connectivity index is 1.46. The first-order valence-corrected chi connectivity index (χ1v) is 11.4. The van der Waals surface area contributed by atoms with Crippen molar-refractivity contribution in [1.29, 1.82) is 0 Å². The quantitative estimate of drug-likeness (QED) is 0.220. The number of ether oxygens (including phenoxy) is 1. The number of carbonyl (C=O) groups excluding carboxylic acids is 1. The summed E-state index contributed by atoms with van der Waals surface area (Å²) in [6.07, 6.45) is 6.79. The van der Waals surface area contributed by atoms with Gasteiger partial charge in [0.25, 0.3) is 0 Å². The van der Waals surface area contributed by atoms with Crippen LogP contribution in [0.4, 0.5) is 11.4 Å². The van der Waals surface area contributed by atoms with E-state index in [1.54, 1.807) is 12.1 Å². The smallest absolute Gasteiger partial charge is 0.335 e. The summed E-state index contributed by atoms with van der Waals surface area (Å²) in [6, 6.07) is 35.4. The van der Waals surface area contributed by atoms with Crippen molar-refractivity contribution in [2.45, 2.75) is 12.5 Å². The molecule has 1 aliphatic rings. The average molecular weight is 444 g/mol. The zero-order valence-corrected chi connectivity index (χ0v) is 18.8. The van der Waals surface area contributed by atoms with Crippen LogP contribution < -0.4 is 20.1 Å². The van der Waals surface area contributed by atoms with Gasteiger partial charge in [-0.25, -0.2) is 4.79 Å². The van der Waals surface area contributed by atoms with Crippen LogP contribution in [0.2, 0.25) is 0 Å². The van der Waals surface area contributed by atoms with E-state index in [0.29, 0.717) is 5.75 Å². The van der Waals surface area contributed by atoms with Gasteiger partial charge in [-0.2, -0.15) is 0 Å². The van der Waals surface area contributed by atoms with Crippen LogP contribution in [-0.4, -0.2) is 12.0 Å². The molecule has 1 unspecified atom stereocenters. The number of hydrogen-bond acceptors (Lipinski definition) is 3. The Bertz CT molecular complexity index is 1420. The molecule has 0 aliphatic heterocycles. The first kappa shape index (κ1) is 21.5. The summed E-state index contributed by atoms with van der Waals surface area (Å²) in [7, 11) is 0. The molecule has 5 rings (SSSR count). The Morgan fingerprint density at radius 2 is 1.35 bits per heavy atom. The maximum Gasteiger partial charge on any atom is 0.335 e. The Hall–Kier alpha value is -4.37. The number of fused-ring (bicyclic) bond motifs is 1. The molecule has 34 heavy (non-hydrogen) atoms. The molecule has 0 radical (unpaired) electrons. The van der Waals surface area contributed by atoms with E-state index in [1.165, 1.54) is 10.4 Å². The standard InChI is InChI=1S/C31H25NO2/c1-2-31(33)34-30-20-15-25(16-21-30)24-12-17-28(18-13-24)32(27-10-4-3-5-11-27)29-19-14-23-8-6-7-9-26(23)22-29/h2-18,20-22,29H,1,19H2. The van der Waals surface area contributed by atoms with Crippen molar-refractivity contribution in [2.24, 2.45) is 0 Å². The highest BCUT2D eigenvalue weighted by Gasteiger charge is 2.19. The highest BCUT2D eigenvalue weighted by atomic mass is 16.5. The van der Waals surface area contributed by atoms with Crippen LogP contribution in [0.5, 0.6) is 5.75 Å². The second-order valence-electron chi connectivity index (χ2n) is 8.20. The summed E-state index contributed by atoms with van der Waals surface area (Å²) >= 11 is 0. The summed E-state index contributed by atoms with van der Waals surface area (Å²) in [6.45, 7) is 3.43. The van der Waals surface area contributed by atoms with E-state index in [1.807, 2.05) is 18.2 Å². The second kappa shape index (κ2) is 9.63. The molecular weight excluding hydrogens is 418 g/mol. The molecule has 3 nitrogen and oxygen atoms in total. The number of anilines is 2. The Morgan fingerprint density at radius 1 is 0.765 bits per heavy atom. The first-order valence-electron chi connectivity index (χ1n) is 11.4. The largest absolute Gasteiger partial charge is 0.423 e. The van der Waals surface area contributed by atoms with Gasteiger partial charge < -0.3 is 9.64 Å². The number of carbonyl (C=O) groups is 1. The molecule has 0 spiro atoms. The highest BCUT2D eigenvalue weighted by Crippen LogP contribution is 2.32. The van der Waals surface area contributed by atoms with E-state index in [0.717, 1.165) is 35.0 Å². The van der Waals surface area contributed by atoms with Crippen molar-refractivity contribution in [1.82, 2.24) is 0 Å². The first-order chi connectivity index (χ1) is 16.7. The van der Waals surface area contributed by atoms with Crippen molar-refractivity contribution < 1.29 is 9.53 Å². The SMILES string of the molecule is C=CC(=O)Oc1ccc(-c2ccc(N(c3ccccc3)C3C=c4ccccc4=CC3)cc2)cc1. The van der Waals surface area contributed by atoms with Crippen molar-refractivity contribution in [3.05, 3.63) is 126 Å². The van der Waals surface area contributed by atoms with Crippen molar-refractivity contribution >= 4 is 29.5 Å². The van der Waals surface area contributed by atoms with E-state index in [4.69, 9.17) is 4.74 Å². The van der Waals surface area contributed by atoms with Gasteiger partial charge in [0.1, 0.15) is 5.75 Å². The molecule has 0 amide bonds. The molecule has 0 aromatic heterocycles. The number of para-hydroxylation sites is 1. The van der Waals surface area contributed by atoms with Crippen LogP contribution in [0, 0.1) is 0 Å². The molecule has 4 aromatic carbocycles. The Morgan fingerprint density at radius 3 is 2.03 bits per heavy atom. The van der Waals surface area contributed by atoms with E-state index in [9.17, 15) is 4.79 Å². The highest BCUT2D eigenvalue weighted by molar-refractivity contribution is 5.83. The number of esters is 1. The summed E-state index contributed by atoms with van der Waals surface area (Å²) in [5.74, 6) is 0.0439. The summed E-state index contributed by atoms with van der Waals surface area (Å²) in [4.78, 5) is 13.8. The average Bonchev–Trinajstić information content (AvgIpc) is 2.90. The number of hydrogen-bond donors (Lipinski definition) is 0. The van der Waals surface area contributed by atoms with Gasteiger partial charge in [0, 0.05) is 17.5 Å². The molecule has 0 saturated carbocycles. The molecule has 0 heterocycles. The van der Waals surface area contributed by atoms with Gasteiger partial charge in [0.15, 0.2) is 0 Å². The monoisotopic (exact) mass is 443 g/mol. The molecule has 3 heteroatoms. The predicted octanol–water partition coefficient (Wildman–Crippen LogP) is 5.62. The van der Waals surface area contributed by atoms with Crippen LogP contribution in [0.15, 0.2) is 116 Å². The molecular formula is C31H25NO2. The zero-order chi connectivity index (χ0) is 23.3. The molecule has 0 saturated heterocycles. The van der Waals surface area contributed by atoms with E-state index in [2.05, 4.69) is 96.4 Å². The number of nitrogens with zero attached hydrogens (tertiary/aromatic N) is 1. The summed E-state index contributed by atoms with van der Waals surface area (Å²) in [5.41, 5.74) is 4.46. The fraction of sp³-hybridized carbons (Fsp3) is 0.0645. The Kier molecular flexibility index (Phi) is 6.09. The fourth-order valence-electron chi connectivity index (χ4n) is 4.36. The minimum atomic E-state index is -0.461. The second-order valence-corrected chi connectivity index (χ2v) is 8.20. The maximum absolute atomic E-state index is 11.4. The number of rotatable bonds is 6. The molecule has 1 aliphatic carbocycles. The van der Waals surface area contributed by atoms with Crippen LogP contribution in [0.3, 0.4) is 0 Å². The molecule has 4 aromatic rings. The van der Waals surface area contributed by atoms with Gasteiger partial charge in [-0.15, -0.1) is 0 Å². The van der Waals surface area contributed by atoms with Gasteiger partial charge in [0.05, 0.1) is 6.04 Å². The number of benzene rings is 4. The van der Waals surface area contributed by atoms with Crippen LogP contribution in [0.1, 0.15) is 6.42 Å². The van der Waals surface area contributed by atoms with E-state index < -0.39 is 5.97 Å². The van der Waals surface area contributed by atoms with Gasteiger partial charge in [0.2, 0.25) is 0 Å². The third kappa shape index (κ3) is 4.55. The third-order valence-corrected chi connectivity index (χ3v) is 6.03. The third-order valence-electron chi connectivity index (χ3n) is 6.03. The molecule has 1 atom stereocenters. The molecule has 166 valence electrons. The van der Waals surface area contributed by atoms with Crippen molar-refractivity contribution in [3.63, 3.8) is 0 Å². The maximum atomic E-state index is 11.4. The lowest BCUT2D eigenvalue weighted by atomic mass is 10.00. The minimum absolute atomic E-state index is 0.224. The van der Waals surface area contributed by atoms with Gasteiger partial charge in [-0.3, -0.25) is 0 Å². The van der Waals surface area contributed by atoms with Crippen LogP contribution in [-0.2, 0) is 4.79 Å². The molecule has 0 N–H and O–H groups in total. The molecule has 0 fully saturated rings. The van der Waals surface area contributed by atoms with Crippen molar-refractivity contribution in [2.75, 3.05) is 4.90 Å². The fourth-order valence-corrected chi connectivity index (χ4v) is 4.36. The lowest BCUT2D eigenvalue weighted by molar-refractivity contribution is -0.128. The Labute approximate surface area is 199 Å². The normalized spacial score (nSPS) is 14.2. The lowest BCUT2D eigenvalue weighted by Gasteiger charge is -2.33. The summed E-state index contributed by atoms with van der Waals surface area (Å²) in [5, 5.41) is 2.57. The van der Waals surface area contributed by atoms with Crippen LogP contribution in [0.25, 0.3) is 23.3 Å². The van der Waals surface area contributed by atoms with Crippen LogP contribution >= 0.6 is 0 Å². The zero-order valence-electron chi connectivity index (χ0n) is 18.8. The van der Waals surface area contributed by atoms with Gasteiger partial charge >= 0.3 is 5.97 Å². The summed E-state index contributed by atoms with van der Waals surface area (Å²) < 4.78 is 5.18. The minimum Gasteiger partial charge on any atom is -0.423 e. The molecule has 0 bridgehead atoms. The predicted molar refractivity (Wildman–Crippen MR) is 139 cm³/mol.